The average molecular weight is 507 g/mol. The highest BCUT2D eigenvalue weighted by Gasteiger charge is 2.23. The number of piperazine rings is 1. The molecule has 10 nitrogen and oxygen atoms in total. The maximum atomic E-state index is 14.5. The fourth-order valence-electron chi connectivity index (χ4n) is 3.37. The molecule has 0 saturated carbocycles. The molecule has 13 heteroatoms. The molecular weight excluding hydrogens is 482 g/mol. The SMILES string of the molecule is COc1cc(OC)c(F)c(COc2cnc(Nc3ncc(C(=O)N4CCN(C)CC4)s3)nc2)c1F. The van der Waals surface area contributed by atoms with Gasteiger partial charge in [0.25, 0.3) is 5.91 Å². The summed E-state index contributed by atoms with van der Waals surface area (Å²) in [5.74, 6) is -1.71. The van der Waals surface area contributed by atoms with Gasteiger partial charge >= 0.3 is 0 Å². The van der Waals surface area contributed by atoms with E-state index in [1.807, 2.05) is 11.9 Å². The summed E-state index contributed by atoms with van der Waals surface area (Å²) in [6.07, 6.45) is 4.23. The van der Waals surface area contributed by atoms with Crippen molar-refractivity contribution in [3.8, 4) is 17.2 Å². The lowest BCUT2D eigenvalue weighted by molar-refractivity contribution is 0.0668. The minimum atomic E-state index is -0.879. The first-order valence-corrected chi connectivity index (χ1v) is 11.5. The Bertz CT molecular complexity index is 1160. The Morgan fingerprint density at radius 1 is 1.03 bits per heavy atom. The Hall–Kier alpha value is -3.58. The van der Waals surface area contributed by atoms with Crippen LogP contribution < -0.4 is 19.5 Å². The van der Waals surface area contributed by atoms with Crippen LogP contribution in [0.1, 0.15) is 15.2 Å². The van der Waals surface area contributed by atoms with E-state index in [1.54, 1.807) is 0 Å². The number of thiazole rings is 1. The van der Waals surface area contributed by atoms with Gasteiger partial charge in [-0.25, -0.2) is 23.7 Å². The standard InChI is InChI=1S/C22H24F2N6O4S/c1-29-4-6-30(7-5-29)20(31)17-11-27-22(35-17)28-21-25-9-13(10-26-21)34-12-14-18(23)15(32-2)8-16(33-3)19(14)24/h8-11H,4-7,12H2,1-3H3,(H,25,26,27,28). The van der Waals surface area contributed by atoms with Crippen LogP contribution in [0.25, 0.3) is 0 Å². The highest BCUT2D eigenvalue weighted by molar-refractivity contribution is 7.17. The van der Waals surface area contributed by atoms with E-state index in [1.165, 1.54) is 44.1 Å². The Morgan fingerprint density at radius 2 is 1.66 bits per heavy atom. The number of hydrogen-bond acceptors (Lipinski definition) is 10. The van der Waals surface area contributed by atoms with Crippen LogP contribution in [0.3, 0.4) is 0 Å². The van der Waals surface area contributed by atoms with E-state index in [9.17, 15) is 13.6 Å². The van der Waals surface area contributed by atoms with Gasteiger partial charge < -0.3 is 29.3 Å². The summed E-state index contributed by atoms with van der Waals surface area (Å²) >= 11 is 1.21. The predicted octanol–water partition coefficient (Wildman–Crippen LogP) is 2.94. The van der Waals surface area contributed by atoms with Crippen LogP contribution in [-0.2, 0) is 6.61 Å². The lowest BCUT2D eigenvalue weighted by Crippen LogP contribution is -2.46. The molecule has 4 rings (SSSR count). The van der Waals surface area contributed by atoms with Crippen LogP contribution in [-0.4, -0.2) is 78.1 Å². The maximum Gasteiger partial charge on any atom is 0.265 e. The lowest BCUT2D eigenvalue weighted by Gasteiger charge is -2.31. The average Bonchev–Trinajstić information content (AvgIpc) is 3.33. The first kappa shape index (κ1) is 24.5. The van der Waals surface area contributed by atoms with Gasteiger partial charge in [-0.15, -0.1) is 0 Å². The number of nitrogens with zero attached hydrogens (tertiary/aromatic N) is 5. The molecule has 0 unspecified atom stereocenters. The second kappa shape index (κ2) is 10.8. The molecule has 1 aliphatic heterocycles. The minimum Gasteiger partial charge on any atom is -0.494 e. The fraction of sp³-hybridized carbons (Fsp3) is 0.364. The minimum absolute atomic E-state index is 0.0537. The van der Waals surface area contributed by atoms with E-state index in [0.29, 0.717) is 23.1 Å². The number of rotatable bonds is 8. The molecule has 1 aliphatic rings. The third-order valence-electron chi connectivity index (χ3n) is 5.40. The summed E-state index contributed by atoms with van der Waals surface area (Å²) in [7, 11) is 4.57. The largest absolute Gasteiger partial charge is 0.494 e. The Morgan fingerprint density at radius 3 is 2.26 bits per heavy atom. The topological polar surface area (TPSA) is 102 Å². The summed E-state index contributed by atoms with van der Waals surface area (Å²) in [6.45, 7) is 2.60. The zero-order valence-corrected chi connectivity index (χ0v) is 20.2. The van der Waals surface area contributed by atoms with Crippen LogP contribution in [0.4, 0.5) is 19.9 Å². The molecule has 1 aromatic carbocycles. The van der Waals surface area contributed by atoms with Gasteiger partial charge in [0.2, 0.25) is 5.95 Å². The van der Waals surface area contributed by atoms with Crippen molar-refractivity contribution < 1.29 is 27.8 Å². The molecular formula is C22H24F2N6O4S. The van der Waals surface area contributed by atoms with Crippen LogP contribution in [0, 0.1) is 11.6 Å². The van der Waals surface area contributed by atoms with E-state index >= 15 is 0 Å². The molecule has 3 heterocycles. The van der Waals surface area contributed by atoms with Crippen LogP contribution in [0.5, 0.6) is 17.2 Å². The number of carbonyl (C=O) groups excluding carboxylic acids is 1. The predicted molar refractivity (Wildman–Crippen MR) is 125 cm³/mol. The molecule has 186 valence electrons. The second-order valence-electron chi connectivity index (χ2n) is 7.67. The number of hydrogen-bond donors (Lipinski definition) is 1. The van der Waals surface area contributed by atoms with Gasteiger partial charge in [0.05, 0.1) is 38.4 Å². The van der Waals surface area contributed by atoms with Gasteiger partial charge in [0.1, 0.15) is 11.5 Å². The van der Waals surface area contributed by atoms with Crippen molar-refractivity contribution >= 4 is 28.3 Å². The highest BCUT2D eigenvalue weighted by atomic mass is 32.1. The van der Waals surface area contributed by atoms with E-state index in [-0.39, 0.29) is 34.7 Å². The number of nitrogens with one attached hydrogen (secondary N) is 1. The van der Waals surface area contributed by atoms with Crippen LogP contribution >= 0.6 is 11.3 Å². The van der Waals surface area contributed by atoms with Gasteiger partial charge in [-0.3, -0.25) is 4.79 Å². The molecule has 0 aliphatic carbocycles. The molecule has 1 amide bonds. The molecule has 0 radical (unpaired) electrons. The van der Waals surface area contributed by atoms with Crippen molar-refractivity contribution in [1.82, 2.24) is 24.8 Å². The maximum absolute atomic E-state index is 14.5. The summed E-state index contributed by atoms with van der Waals surface area (Å²) in [5.41, 5.74) is -0.344. The van der Waals surface area contributed by atoms with Gasteiger partial charge in [-0.05, 0) is 7.05 Å². The van der Waals surface area contributed by atoms with Gasteiger partial charge in [-0.2, -0.15) is 0 Å². The zero-order valence-electron chi connectivity index (χ0n) is 19.4. The van der Waals surface area contributed by atoms with Crippen LogP contribution in [0.15, 0.2) is 24.7 Å². The summed E-state index contributed by atoms with van der Waals surface area (Å²) in [4.78, 5) is 29.7. The lowest BCUT2D eigenvalue weighted by atomic mass is 10.1. The van der Waals surface area contributed by atoms with Gasteiger partial charge in [-0.1, -0.05) is 11.3 Å². The van der Waals surface area contributed by atoms with Crippen LogP contribution in [0.2, 0.25) is 0 Å². The van der Waals surface area contributed by atoms with Crippen molar-refractivity contribution in [2.45, 2.75) is 6.61 Å². The summed E-state index contributed by atoms with van der Waals surface area (Å²) in [6, 6.07) is 1.13. The third kappa shape index (κ3) is 5.57. The molecule has 0 spiro atoms. The monoisotopic (exact) mass is 506 g/mol. The van der Waals surface area contributed by atoms with E-state index in [0.717, 1.165) is 19.2 Å². The number of likely N-dealkylation sites (N-methyl/N-ethyl adjacent to an activating group) is 1. The molecule has 1 fully saturated rings. The van der Waals surface area contributed by atoms with E-state index < -0.39 is 18.2 Å². The molecule has 2 aromatic heterocycles. The van der Waals surface area contributed by atoms with Crippen molar-refractivity contribution in [3.63, 3.8) is 0 Å². The zero-order chi connectivity index (χ0) is 24.9. The molecule has 0 atom stereocenters. The number of carbonyl (C=O) groups is 1. The number of ether oxygens (including phenoxy) is 3. The number of amides is 1. The van der Waals surface area contributed by atoms with Crippen molar-refractivity contribution in [3.05, 3.63) is 46.7 Å². The Kier molecular flexibility index (Phi) is 7.56. The Labute approximate surface area is 204 Å². The molecule has 35 heavy (non-hydrogen) atoms. The number of benzene rings is 1. The van der Waals surface area contributed by atoms with Crippen molar-refractivity contribution in [1.29, 1.82) is 0 Å². The summed E-state index contributed by atoms with van der Waals surface area (Å²) in [5, 5.41) is 3.40. The number of halogens is 2. The van der Waals surface area contributed by atoms with Crippen molar-refractivity contribution in [2.75, 3.05) is 52.8 Å². The summed E-state index contributed by atoms with van der Waals surface area (Å²) < 4.78 is 44.3. The smallest absolute Gasteiger partial charge is 0.265 e. The number of methoxy groups -OCH3 is 2. The quantitative estimate of drug-likeness (QED) is 0.494. The normalized spacial score (nSPS) is 14.0. The number of aromatic nitrogens is 3. The molecule has 3 aromatic rings. The van der Waals surface area contributed by atoms with E-state index in [2.05, 4.69) is 25.2 Å². The second-order valence-corrected chi connectivity index (χ2v) is 8.70. The molecule has 1 N–H and O–H groups in total. The highest BCUT2D eigenvalue weighted by Crippen LogP contribution is 2.32. The fourth-order valence-corrected chi connectivity index (χ4v) is 4.14. The number of anilines is 2. The molecule has 0 bridgehead atoms. The van der Waals surface area contributed by atoms with Crippen molar-refractivity contribution in [2.24, 2.45) is 0 Å². The Balaban J connectivity index is 1.37. The van der Waals surface area contributed by atoms with Gasteiger partial charge in [0, 0.05) is 32.2 Å². The van der Waals surface area contributed by atoms with Gasteiger partial charge in [0.15, 0.2) is 34.0 Å². The first-order chi connectivity index (χ1) is 16.9. The van der Waals surface area contributed by atoms with E-state index in [4.69, 9.17) is 14.2 Å². The first-order valence-electron chi connectivity index (χ1n) is 10.6. The molecule has 1 saturated heterocycles. The third-order valence-corrected chi connectivity index (χ3v) is 6.30.